The van der Waals surface area contributed by atoms with Crippen molar-refractivity contribution in [1.29, 1.82) is 0 Å². The quantitative estimate of drug-likeness (QED) is 0.331. The summed E-state index contributed by atoms with van der Waals surface area (Å²) in [5.41, 5.74) is 0.532. The third kappa shape index (κ3) is 6.92. The summed E-state index contributed by atoms with van der Waals surface area (Å²) in [6, 6.07) is 0.787. The van der Waals surface area contributed by atoms with E-state index in [0.29, 0.717) is 5.70 Å². The highest BCUT2D eigenvalue weighted by molar-refractivity contribution is 6.09. The van der Waals surface area contributed by atoms with Gasteiger partial charge in [-0.2, -0.15) is 0 Å². The van der Waals surface area contributed by atoms with E-state index in [0.717, 1.165) is 10.5 Å². The summed E-state index contributed by atoms with van der Waals surface area (Å²) in [5, 5.41) is 2.36. The second-order valence-corrected chi connectivity index (χ2v) is 4.31. The molecule has 0 aromatic rings. The molecule has 1 saturated heterocycles. The lowest BCUT2D eigenvalue weighted by Crippen LogP contribution is -3.00. The fourth-order valence-corrected chi connectivity index (χ4v) is 0.654. The van der Waals surface area contributed by atoms with Crippen LogP contribution in [0.25, 0.3) is 0 Å². The van der Waals surface area contributed by atoms with E-state index in [2.05, 4.69) is 46.9 Å². The number of nitrogens with one attached hydrogen (secondary N) is 1. The standard InChI is InChI=1S/C7H18N.C3H3NO.ClH/c1-6-7(2)8(3,4)5;1-2-3(5)4-2;/h7H,6H2,1-5H3;1H2,(H,4,5);1H/q+1;;/p-1. The van der Waals surface area contributed by atoms with E-state index in [9.17, 15) is 4.79 Å². The van der Waals surface area contributed by atoms with Crippen molar-refractivity contribution in [3.05, 3.63) is 12.3 Å². The maximum atomic E-state index is 9.68. The van der Waals surface area contributed by atoms with Crippen LogP contribution in [0.3, 0.4) is 0 Å². The summed E-state index contributed by atoms with van der Waals surface area (Å²) in [7, 11) is 6.69. The van der Waals surface area contributed by atoms with Crippen molar-refractivity contribution in [3.63, 3.8) is 0 Å². The molecule has 0 saturated carbocycles. The largest absolute Gasteiger partial charge is 1.00 e. The Morgan fingerprint density at radius 1 is 1.43 bits per heavy atom. The molecule has 1 rings (SSSR count). The fraction of sp³-hybridized carbons (Fsp3) is 0.700. The van der Waals surface area contributed by atoms with Crippen LogP contribution in [0.15, 0.2) is 12.3 Å². The van der Waals surface area contributed by atoms with Crippen LogP contribution in [0.2, 0.25) is 0 Å². The molecule has 0 aromatic carbocycles. The molecule has 0 spiro atoms. The molecule has 84 valence electrons. The number of hydrogen-bond donors (Lipinski definition) is 1. The predicted molar refractivity (Wildman–Crippen MR) is 55.1 cm³/mol. The minimum Gasteiger partial charge on any atom is -1.00 e. The number of hydrogen-bond acceptors (Lipinski definition) is 1. The average Bonchev–Trinajstić information content (AvgIpc) is 2.62. The molecule has 1 amide bonds. The van der Waals surface area contributed by atoms with Gasteiger partial charge in [0.1, 0.15) is 0 Å². The Hall–Kier alpha value is -0.540. The van der Waals surface area contributed by atoms with Crippen LogP contribution in [0.1, 0.15) is 20.3 Å². The molecule has 1 unspecified atom stereocenters. The van der Waals surface area contributed by atoms with Gasteiger partial charge in [0.2, 0.25) is 0 Å². The topological polar surface area (TPSA) is 39.0 Å². The first-order valence-electron chi connectivity index (χ1n) is 4.60. The average molecular weight is 221 g/mol. The molecule has 1 aliphatic rings. The van der Waals surface area contributed by atoms with E-state index in [1.807, 2.05) is 0 Å². The summed E-state index contributed by atoms with van der Waals surface area (Å²) in [4.78, 5) is 9.68. The van der Waals surface area contributed by atoms with Gasteiger partial charge in [0, 0.05) is 0 Å². The van der Waals surface area contributed by atoms with Crippen LogP contribution in [0.4, 0.5) is 0 Å². The zero-order chi connectivity index (χ0) is 10.6. The predicted octanol–water partition coefficient (Wildman–Crippen LogP) is -1.87. The Bertz CT molecular complexity index is 197. The number of carbonyl (C=O) groups is 1. The second-order valence-electron chi connectivity index (χ2n) is 4.31. The summed E-state index contributed by atoms with van der Waals surface area (Å²) in [6.45, 7) is 7.80. The molecule has 0 bridgehead atoms. The van der Waals surface area contributed by atoms with Crippen molar-refractivity contribution in [2.24, 2.45) is 0 Å². The van der Waals surface area contributed by atoms with Crippen molar-refractivity contribution < 1.29 is 21.7 Å². The summed E-state index contributed by atoms with van der Waals surface area (Å²) in [5.74, 6) is -0.0231. The Morgan fingerprint density at radius 3 is 1.71 bits per heavy atom. The van der Waals surface area contributed by atoms with Gasteiger partial charge in [-0.15, -0.1) is 0 Å². The van der Waals surface area contributed by atoms with Gasteiger partial charge in [-0.1, -0.05) is 13.5 Å². The molecule has 3 nitrogen and oxygen atoms in total. The number of amides is 1. The third-order valence-corrected chi connectivity index (χ3v) is 2.39. The maximum absolute atomic E-state index is 9.68. The molecule has 1 fully saturated rings. The Balaban J connectivity index is 0. The molecule has 1 atom stereocenters. The third-order valence-electron chi connectivity index (χ3n) is 2.39. The van der Waals surface area contributed by atoms with Gasteiger partial charge >= 0.3 is 0 Å². The highest BCUT2D eigenvalue weighted by Crippen LogP contribution is 2.04. The van der Waals surface area contributed by atoms with Crippen LogP contribution in [0, 0.1) is 0 Å². The second kappa shape index (κ2) is 6.04. The lowest BCUT2D eigenvalue weighted by atomic mass is 10.2. The molecule has 4 heteroatoms. The van der Waals surface area contributed by atoms with Crippen LogP contribution in [-0.2, 0) is 4.79 Å². The molecular weight excluding hydrogens is 200 g/mol. The normalized spacial score (nSPS) is 15.8. The van der Waals surface area contributed by atoms with Gasteiger partial charge in [0.25, 0.3) is 5.91 Å². The lowest BCUT2D eigenvalue weighted by molar-refractivity contribution is -0.894. The van der Waals surface area contributed by atoms with Gasteiger partial charge < -0.3 is 22.2 Å². The molecular formula is C10H21ClN2O. The van der Waals surface area contributed by atoms with Crippen molar-refractivity contribution >= 4 is 5.91 Å². The van der Waals surface area contributed by atoms with E-state index < -0.39 is 0 Å². The molecule has 0 radical (unpaired) electrons. The molecule has 14 heavy (non-hydrogen) atoms. The first-order chi connectivity index (χ1) is 5.79. The monoisotopic (exact) mass is 220 g/mol. The fourth-order valence-electron chi connectivity index (χ4n) is 0.654. The lowest BCUT2D eigenvalue weighted by Gasteiger charge is -2.30. The van der Waals surface area contributed by atoms with Crippen LogP contribution < -0.4 is 17.7 Å². The summed E-state index contributed by atoms with van der Waals surface area (Å²) >= 11 is 0. The van der Waals surface area contributed by atoms with Crippen LogP contribution in [-0.4, -0.2) is 37.6 Å². The first-order valence-corrected chi connectivity index (χ1v) is 4.60. The molecule has 1 N–H and O–H groups in total. The molecule has 0 aromatic heterocycles. The Morgan fingerprint density at radius 2 is 1.71 bits per heavy atom. The maximum Gasteiger partial charge on any atom is 0.271 e. The number of carbonyl (C=O) groups excluding carboxylic acids is 1. The minimum absolute atomic E-state index is 0. The van der Waals surface area contributed by atoms with Crippen molar-refractivity contribution in [2.45, 2.75) is 26.3 Å². The molecule has 0 aliphatic carbocycles. The SMILES string of the molecule is C=C1NC1=O.CCC(C)[N+](C)(C)C.[Cl-]. The molecule has 1 heterocycles. The number of quaternary nitrogens is 1. The van der Waals surface area contributed by atoms with Gasteiger partial charge in [-0.3, -0.25) is 4.79 Å². The molecule has 1 aliphatic heterocycles. The van der Waals surface area contributed by atoms with Gasteiger partial charge in [0.05, 0.1) is 32.9 Å². The van der Waals surface area contributed by atoms with E-state index in [-0.39, 0.29) is 18.3 Å². The van der Waals surface area contributed by atoms with Crippen molar-refractivity contribution in [1.82, 2.24) is 5.32 Å². The van der Waals surface area contributed by atoms with Crippen molar-refractivity contribution in [3.8, 4) is 0 Å². The van der Waals surface area contributed by atoms with Crippen LogP contribution in [0.5, 0.6) is 0 Å². The zero-order valence-corrected chi connectivity index (χ0v) is 10.5. The highest BCUT2D eigenvalue weighted by atomic mass is 35.5. The Kier molecular flexibility index (Phi) is 6.86. The van der Waals surface area contributed by atoms with Crippen LogP contribution >= 0.6 is 0 Å². The summed E-state index contributed by atoms with van der Waals surface area (Å²) < 4.78 is 1.08. The van der Waals surface area contributed by atoms with Gasteiger partial charge in [-0.05, 0) is 13.3 Å². The number of nitrogens with zero attached hydrogens (tertiary/aromatic N) is 1. The minimum atomic E-state index is -0.0231. The van der Waals surface area contributed by atoms with E-state index in [1.54, 1.807) is 0 Å². The van der Waals surface area contributed by atoms with E-state index >= 15 is 0 Å². The van der Waals surface area contributed by atoms with Gasteiger partial charge in [0.15, 0.2) is 0 Å². The van der Waals surface area contributed by atoms with E-state index in [1.165, 1.54) is 6.42 Å². The highest BCUT2D eigenvalue weighted by Gasteiger charge is 2.20. The number of halogens is 1. The van der Waals surface area contributed by atoms with Gasteiger partial charge in [-0.25, -0.2) is 0 Å². The Labute approximate surface area is 93.2 Å². The van der Waals surface area contributed by atoms with E-state index in [4.69, 9.17) is 0 Å². The smallest absolute Gasteiger partial charge is 0.271 e. The summed E-state index contributed by atoms with van der Waals surface area (Å²) in [6.07, 6.45) is 1.27. The first kappa shape index (κ1) is 15.9. The number of rotatable bonds is 2. The van der Waals surface area contributed by atoms with Crippen molar-refractivity contribution in [2.75, 3.05) is 21.1 Å². The zero-order valence-electron chi connectivity index (χ0n) is 9.72.